The van der Waals surface area contributed by atoms with Gasteiger partial charge in [-0.25, -0.2) is 8.42 Å². The van der Waals surface area contributed by atoms with Gasteiger partial charge in [-0.2, -0.15) is 4.31 Å². The molecule has 1 atom stereocenters. The van der Waals surface area contributed by atoms with Crippen molar-refractivity contribution < 1.29 is 22.6 Å². The second-order valence-corrected chi connectivity index (χ2v) is 7.69. The average Bonchev–Trinajstić information content (AvgIpc) is 2.96. The van der Waals surface area contributed by atoms with Gasteiger partial charge in [0.1, 0.15) is 10.6 Å². The third-order valence-electron chi connectivity index (χ3n) is 4.13. The van der Waals surface area contributed by atoms with Crippen molar-refractivity contribution in [3.63, 3.8) is 0 Å². The maximum Gasteiger partial charge on any atom is 0.245 e. The van der Waals surface area contributed by atoms with Crippen LogP contribution in [0.1, 0.15) is 6.42 Å². The molecule has 1 spiro atoms. The molecular weight excluding hydrogens is 330 g/mol. The van der Waals surface area contributed by atoms with Gasteiger partial charge < -0.3 is 14.2 Å². The number of morpholine rings is 1. The lowest BCUT2D eigenvalue weighted by Crippen LogP contribution is -2.59. The number of hydrogen-bond acceptors (Lipinski definition) is 5. The zero-order valence-electron chi connectivity index (χ0n) is 12.2. The fraction of sp³-hybridized carbons (Fsp3) is 0.571. The number of benzene rings is 1. The number of sulfonamides is 1. The summed E-state index contributed by atoms with van der Waals surface area (Å²) in [5.74, 6) is 0.452. The summed E-state index contributed by atoms with van der Waals surface area (Å²) >= 11 is 6.13. The van der Waals surface area contributed by atoms with Crippen molar-refractivity contribution in [1.29, 1.82) is 0 Å². The van der Waals surface area contributed by atoms with E-state index in [2.05, 4.69) is 0 Å². The number of methoxy groups -OCH3 is 1. The van der Waals surface area contributed by atoms with E-state index in [4.69, 9.17) is 25.8 Å². The van der Waals surface area contributed by atoms with Crippen molar-refractivity contribution in [2.24, 2.45) is 0 Å². The van der Waals surface area contributed by atoms with Gasteiger partial charge in [-0.1, -0.05) is 11.6 Å². The Kier molecular flexibility index (Phi) is 4.35. The van der Waals surface area contributed by atoms with E-state index in [0.717, 1.165) is 0 Å². The van der Waals surface area contributed by atoms with Crippen LogP contribution in [0.5, 0.6) is 5.75 Å². The van der Waals surface area contributed by atoms with Crippen molar-refractivity contribution in [2.45, 2.75) is 16.9 Å². The van der Waals surface area contributed by atoms with Crippen molar-refractivity contribution >= 4 is 21.6 Å². The highest BCUT2D eigenvalue weighted by molar-refractivity contribution is 7.89. The van der Waals surface area contributed by atoms with Crippen LogP contribution in [0.3, 0.4) is 0 Å². The Hall–Kier alpha value is -0.860. The second kappa shape index (κ2) is 5.98. The van der Waals surface area contributed by atoms with E-state index >= 15 is 0 Å². The third kappa shape index (κ3) is 2.61. The van der Waals surface area contributed by atoms with E-state index in [1.54, 1.807) is 6.07 Å². The fourth-order valence-corrected chi connectivity index (χ4v) is 5.18. The van der Waals surface area contributed by atoms with Gasteiger partial charge in [-0.15, -0.1) is 0 Å². The van der Waals surface area contributed by atoms with E-state index in [1.165, 1.54) is 23.5 Å². The average molecular weight is 348 g/mol. The molecule has 2 heterocycles. The summed E-state index contributed by atoms with van der Waals surface area (Å²) < 4.78 is 43.8. The van der Waals surface area contributed by atoms with Gasteiger partial charge in [0, 0.05) is 19.2 Å². The lowest BCUT2D eigenvalue weighted by Gasteiger charge is -2.42. The van der Waals surface area contributed by atoms with Gasteiger partial charge in [-0.05, 0) is 18.6 Å². The molecule has 0 bridgehead atoms. The zero-order chi connectivity index (χ0) is 15.8. The molecule has 2 saturated heterocycles. The maximum absolute atomic E-state index is 13.1. The molecule has 0 aromatic heterocycles. The molecule has 0 radical (unpaired) electrons. The molecule has 1 aromatic rings. The minimum absolute atomic E-state index is 0.0571. The number of halogens is 1. The highest BCUT2D eigenvalue weighted by Gasteiger charge is 2.49. The van der Waals surface area contributed by atoms with E-state index in [1.807, 2.05) is 0 Å². The molecular formula is C14H18ClNO5S. The molecule has 2 aliphatic rings. The molecule has 1 aromatic carbocycles. The zero-order valence-corrected chi connectivity index (χ0v) is 13.8. The first-order valence-corrected chi connectivity index (χ1v) is 8.83. The molecule has 6 nitrogen and oxygen atoms in total. The first-order chi connectivity index (χ1) is 10.5. The van der Waals surface area contributed by atoms with E-state index in [9.17, 15) is 8.42 Å². The minimum atomic E-state index is -3.76. The van der Waals surface area contributed by atoms with Crippen LogP contribution in [-0.4, -0.2) is 58.3 Å². The molecule has 2 fully saturated rings. The Morgan fingerprint density at radius 2 is 2.00 bits per heavy atom. The quantitative estimate of drug-likeness (QED) is 0.829. The van der Waals surface area contributed by atoms with Crippen LogP contribution in [0.2, 0.25) is 5.02 Å². The van der Waals surface area contributed by atoms with Crippen LogP contribution >= 0.6 is 11.6 Å². The second-order valence-electron chi connectivity index (χ2n) is 5.45. The van der Waals surface area contributed by atoms with Crippen molar-refractivity contribution in [3.8, 4) is 5.75 Å². The Morgan fingerprint density at radius 3 is 2.64 bits per heavy atom. The van der Waals surface area contributed by atoms with E-state index in [0.29, 0.717) is 45.1 Å². The molecule has 2 aliphatic heterocycles. The largest absolute Gasteiger partial charge is 0.497 e. The van der Waals surface area contributed by atoms with Crippen LogP contribution in [0.25, 0.3) is 0 Å². The van der Waals surface area contributed by atoms with Gasteiger partial charge in [0.2, 0.25) is 10.0 Å². The van der Waals surface area contributed by atoms with Crippen LogP contribution in [0.15, 0.2) is 23.1 Å². The molecule has 3 rings (SSSR count). The first-order valence-electron chi connectivity index (χ1n) is 7.01. The standard InChI is InChI=1S/C14H18ClNO5S/c1-19-11-2-3-12(15)13(8-11)22(17,18)16-5-7-21-10-14(16)4-6-20-9-14/h2-3,8H,4-7,9-10H2,1H3/t14-/m0/s1. The number of rotatable bonds is 3. The Morgan fingerprint density at radius 1 is 1.27 bits per heavy atom. The lowest BCUT2D eigenvalue weighted by atomic mass is 9.99. The number of nitrogens with zero attached hydrogens (tertiary/aromatic N) is 1. The fourth-order valence-electron chi connectivity index (χ4n) is 2.93. The molecule has 0 amide bonds. The number of hydrogen-bond donors (Lipinski definition) is 0. The third-order valence-corrected chi connectivity index (χ3v) is 6.61. The lowest BCUT2D eigenvalue weighted by molar-refractivity contribution is -0.0293. The highest BCUT2D eigenvalue weighted by Crippen LogP contribution is 2.37. The summed E-state index contributed by atoms with van der Waals surface area (Å²) in [6, 6.07) is 4.62. The Bertz CT molecular complexity index is 657. The molecule has 0 N–H and O–H groups in total. The van der Waals surface area contributed by atoms with Crippen molar-refractivity contribution in [3.05, 3.63) is 23.2 Å². The molecule has 0 unspecified atom stereocenters. The van der Waals surface area contributed by atoms with Crippen LogP contribution in [-0.2, 0) is 19.5 Å². The Balaban J connectivity index is 2.04. The topological polar surface area (TPSA) is 65.1 Å². The summed E-state index contributed by atoms with van der Waals surface area (Å²) in [5.41, 5.74) is -0.635. The van der Waals surface area contributed by atoms with Crippen LogP contribution in [0.4, 0.5) is 0 Å². The van der Waals surface area contributed by atoms with Crippen molar-refractivity contribution in [2.75, 3.05) is 40.1 Å². The Labute approximate surface area is 135 Å². The van der Waals surface area contributed by atoms with E-state index < -0.39 is 15.6 Å². The van der Waals surface area contributed by atoms with Crippen LogP contribution in [0, 0.1) is 0 Å². The molecule has 122 valence electrons. The van der Waals surface area contributed by atoms with E-state index in [-0.39, 0.29) is 9.92 Å². The van der Waals surface area contributed by atoms with Gasteiger partial charge in [-0.3, -0.25) is 0 Å². The smallest absolute Gasteiger partial charge is 0.245 e. The van der Waals surface area contributed by atoms with Gasteiger partial charge in [0.25, 0.3) is 0 Å². The maximum atomic E-state index is 13.1. The first kappa shape index (κ1) is 16.0. The SMILES string of the molecule is COc1ccc(Cl)c(S(=O)(=O)N2CCOC[C@@]23CCOC3)c1. The highest BCUT2D eigenvalue weighted by atomic mass is 35.5. The number of ether oxygens (including phenoxy) is 3. The van der Waals surface area contributed by atoms with Gasteiger partial charge in [0.15, 0.2) is 0 Å². The summed E-state index contributed by atoms with van der Waals surface area (Å²) in [5, 5.41) is 0.182. The summed E-state index contributed by atoms with van der Waals surface area (Å²) in [6.07, 6.45) is 0.619. The summed E-state index contributed by atoms with van der Waals surface area (Å²) in [4.78, 5) is 0.0571. The molecule has 0 saturated carbocycles. The predicted octanol–water partition coefficient (Wildman–Crippen LogP) is 1.53. The summed E-state index contributed by atoms with van der Waals surface area (Å²) in [6.45, 7) is 1.87. The van der Waals surface area contributed by atoms with Crippen molar-refractivity contribution in [1.82, 2.24) is 4.31 Å². The molecule has 0 aliphatic carbocycles. The molecule has 8 heteroatoms. The van der Waals surface area contributed by atoms with Gasteiger partial charge in [0.05, 0.1) is 37.5 Å². The normalized spacial score (nSPS) is 26.5. The predicted molar refractivity (Wildman–Crippen MR) is 80.9 cm³/mol. The minimum Gasteiger partial charge on any atom is -0.497 e. The summed E-state index contributed by atoms with van der Waals surface area (Å²) in [7, 11) is -2.27. The van der Waals surface area contributed by atoms with Gasteiger partial charge >= 0.3 is 0 Å². The monoisotopic (exact) mass is 347 g/mol. The molecule has 22 heavy (non-hydrogen) atoms. The van der Waals surface area contributed by atoms with Crippen LogP contribution < -0.4 is 4.74 Å².